The molecule has 0 amide bonds. The second-order valence-electron chi connectivity index (χ2n) is 3.37. The van der Waals surface area contributed by atoms with Gasteiger partial charge < -0.3 is 9.72 Å². The molecule has 0 spiro atoms. The molecule has 1 aromatic carbocycles. The topological polar surface area (TPSA) is 37.9 Å². The Kier molecular flexibility index (Phi) is 2.11. The quantitative estimate of drug-likeness (QED) is 0.797. The molecule has 1 N–H and O–H groups in total. The van der Waals surface area contributed by atoms with Crippen LogP contribution in [0.3, 0.4) is 0 Å². The van der Waals surface area contributed by atoms with Gasteiger partial charge in [0.1, 0.15) is 0 Å². The highest BCUT2D eigenvalue weighted by atomic mass is 19.1. The molecule has 1 aromatic heterocycles. The maximum Gasteiger partial charge on any atom is 0.167 e. The van der Waals surface area contributed by atoms with Gasteiger partial charge in [0.25, 0.3) is 0 Å². The van der Waals surface area contributed by atoms with E-state index in [1.165, 1.54) is 12.4 Å². The monoisotopic (exact) mass is 194 g/mol. The second-order valence-corrected chi connectivity index (χ2v) is 3.37. The van der Waals surface area contributed by atoms with E-state index < -0.39 is 0 Å². The van der Waals surface area contributed by atoms with E-state index in [-0.39, 0.29) is 17.7 Å². The molecule has 74 valence electrons. The standard InChI is InChI=1S/C10H11FN2O/c1-6(2)14-10-4-9-8(3-7(10)11)12-5-13-9/h3-6H,1-2H3,(H,12,13). The zero-order chi connectivity index (χ0) is 10.1. The van der Waals surface area contributed by atoms with Gasteiger partial charge in [0.05, 0.1) is 23.5 Å². The van der Waals surface area contributed by atoms with Gasteiger partial charge in [0.2, 0.25) is 0 Å². The Morgan fingerprint density at radius 3 is 2.93 bits per heavy atom. The number of halogens is 1. The SMILES string of the molecule is CC(C)Oc1cc2nc[nH]c2cc1F. The Morgan fingerprint density at radius 2 is 2.21 bits per heavy atom. The van der Waals surface area contributed by atoms with Crippen LogP contribution in [0.4, 0.5) is 4.39 Å². The van der Waals surface area contributed by atoms with Crippen LogP contribution < -0.4 is 4.74 Å². The summed E-state index contributed by atoms with van der Waals surface area (Å²) in [7, 11) is 0. The number of ether oxygens (including phenoxy) is 1. The van der Waals surface area contributed by atoms with Crippen LogP contribution in [-0.2, 0) is 0 Å². The maximum atomic E-state index is 13.4. The lowest BCUT2D eigenvalue weighted by Crippen LogP contribution is -2.06. The fraction of sp³-hybridized carbons (Fsp3) is 0.300. The van der Waals surface area contributed by atoms with E-state index in [2.05, 4.69) is 9.97 Å². The number of imidazole rings is 1. The Labute approximate surface area is 80.9 Å². The van der Waals surface area contributed by atoms with Crippen molar-refractivity contribution < 1.29 is 9.13 Å². The lowest BCUT2D eigenvalue weighted by Gasteiger charge is -2.09. The van der Waals surface area contributed by atoms with Crippen molar-refractivity contribution >= 4 is 11.0 Å². The van der Waals surface area contributed by atoms with Crippen LogP contribution in [0.15, 0.2) is 18.5 Å². The Morgan fingerprint density at radius 1 is 1.43 bits per heavy atom. The van der Waals surface area contributed by atoms with E-state index in [9.17, 15) is 4.39 Å². The van der Waals surface area contributed by atoms with E-state index in [4.69, 9.17) is 4.74 Å². The van der Waals surface area contributed by atoms with Crippen LogP contribution in [-0.4, -0.2) is 16.1 Å². The summed E-state index contributed by atoms with van der Waals surface area (Å²) in [6.07, 6.45) is 1.49. The van der Waals surface area contributed by atoms with Crippen LogP contribution in [0.1, 0.15) is 13.8 Å². The summed E-state index contributed by atoms with van der Waals surface area (Å²) in [5.74, 6) is -0.116. The predicted octanol–water partition coefficient (Wildman–Crippen LogP) is 2.49. The van der Waals surface area contributed by atoms with Crippen molar-refractivity contribution in [3.05, 3.63) is 24.3 Å². The first kappa shape index (κ1) is 8.99. The number of benzene rings is 1. The molecule has 14 heavy (non-hydrogen) atoms. The minimum absolute atomic E-state index is 0.0408. The van der Waals surface area contributed by atoms with Crippen molar-refractivity contribution in [3.8, 4) is 5.75 Å². The van der Waals surface area contributed by atoms with E-state index in [1.807, 2.05) is 13.8 Å². The molecule has 0 saturated heterocycles. The smallest absolute Gasteiger partial charge is 0.167 e. The summed E-state index contributed by atoms with van der Waals surface area (Å²) in [5.41, 5.74) is 1.39. The fourth-order valence-corrected chi connectivity index (χ4v) is 1.28. The number of aromatic amines is 1. The van der Waals surface area contributed by atoms with Gasteiger partial charge in [-0.2, -0.15) is 0 Å². The number of fused-ring (bicyclic) bond motifs is 1. The lowest BCUT2D eigenvalue weighted by molar-refractivity contribution is 0.231. The molecule has 0 aliphatic rings. The van der Waals surface area contributed by atoms with Crippen molar-refractivity contribution in [2.45, 2.75) is 20.0 Å². The van der Waals surface area contributed by atoms with Gasteiger partial charge in [-0.15, -0.1) is 0 Å². The van der Waals surface area contributed by atoms with E-state index in [1.54, 1.807) is 6.07 Å². The molecule has 0 fully saturated rings. The molecular formula is C10H11FN2O. The number of rotatable bonds is 2. The molecule has 3 nitrogen and oxygen atoms in total. The minimum atomic E-state index is -0.365. The molecule has 0 saturated carbocycles. The first-order valence-corrected chi connectivity index (χ1v) is 4.46. The fourth-order valence-electron chi connectivity index (χ4n) is 1.28. The van der Waals surface area contributed by atoms with Gasteiger partial charge in [-0.05, 0) is 13.8 Å². The number of hydrogen-bond acceptors (Lipinski definition) is 2. The van der Waals surface area contributed by atoms with E-state index in [0.717, 1.165) is 0 Å². The molecule has 2 aromatic rings. The zero-order valence-electron chi connectivity index (χ0n) is 8.04. The first-order chi connectivity index (χ1) is 6.66. The van der Waals surface area contributed by atoms with Crippen LogP contribution >= 0.6 is 0 Å². The van der Waals surface area contributed by atoms with Crippen molar-refractivity contribution in [2.24, 2.45) is 0 Å². The third-order valence-electron chi connectivity index (χ3n) is 1.84. The Balaban J connectivity index is 2.48. The summed E-state index contributed by atoms with van der Waals surface area (Å²) in [5, 5.41) is 0. The van der Waals surface area contributed by atoms with Crippen LogP contribution in [0, 0.1) is 5.82 Å². The van der Waals surface area contributed by atoms with Gasteiger partial charge in [-0.3, -0.25) is 0 Å². The molecule has 0 aliphatic heterocycles. The number of H-pyrrole nitrogens is 1. The van der Waals surface area contributed by atoms with Crippen molar-refractivity contribution in [1.82, 2.24) is 9.97 Å². The van der Waals surface area contributed by atoms with Crippen LogP contribution in [0.5, 0.6) is 5.75 Å². The molecule has 1 heterocycles. The van der Waals surface area contributed by atoms with Crippen molar-refractivity contribution in [2.75, 3.05) is 0 Å². The minimum Gasteiger partial charge on any atom is -0.488 e. The molecule has 0 atom stereocenters. The normalized spacial score (nSPS) is 11.1. The Hall–Kier alpha value is -1.58. The molecule has 0 bridgehead atoms. The van der Waals surface area contributed by atoms with E-state index >= 15 is 0 Å². The molecule has 0 aliphatic carbocycles. The summed E-state index contributed by atoms with van der Waals surface area (Å²) in [6.45, 7) is 3.71. The molecule has 0 unspecified atom stereocenters. The van der Waals surface area contributed by atoms with Crippen LogP contribution in [0.2, 0.25) is 0 Å². The summed E-state index contributed by atoms with van der Waals surface area (Å²) in [4.78, 5) is 6.86. The number of nitrogens with zero attached hydrogens (tertiary/aromatic N) is 1. The maximum absolute atomic E-state index is 13.4. The second kappa shape index (κ2) is 3.29. The van der Waals surface area contributed by atoms with Gasteiger partial charge in [0.15, 0.2) is 11.6 Å². The average Bonchev–Trinajstić information content (AvgIpc) is 2.51. The third kappa shape index (κ3) is 1.55. The summed E-state index contributed by atoms with van der Waals surface area (Å²) < 4.78 is 18.7. The van der Waals surface area contributed by atoms with Gasteiger partial charge >= 0.3 is 0 Å². The van der Waals surface area contributed by atoms with Gasteiger partial charge in [0, 0.05) is 12.1 Å². The third-order valence-corrected chi connectivity index (χ3v) is 1.84. The summed E-state index contributed by atoms with van der Waals surface area (Å²) >= 11 is 0. The first-order valence-electron chi connectivity index (χ1n) is 4.46. The lowest BCUT2D eigenvalue weighted by atomic mass is 10.3. The highest BCUT2D eigenvalue weighted by molar-refractivity contribution is 5.76. The number of nitrogens with one attached hydrogen (secondary N) is 1. The average molecular weight is 194 g/mol. The summed E-state index contributed by atoms with van der Waals surface area (Å²) in [6, 6.07) is 2.99. The Bertz CT molecular complexity index is 450. The molecule has 4 heteroatoms. The van der Waals surface area contributed by atoms with Crippen LogP contribution in [0.25, 0.3) is 11.0 Å². The zero-order valence-corrected chi connectivity index (χ0v) is 8.04. The highest BCUT2D eigenvalue weighted by Crippen LogP contribution is 2.23. The largest absolute Gasteiger partial charge is 0.488 e. The van der Waals surface area contributed by atoms with E-state index in [0.29, 0.717) is 11.0 Å². The molecule has 2 rings (SSSR count). The number of aromatic nitrogens is 2. The predicted molar refractivity (Wildman–Crippen MR) is 51.8 cm³/mol. The molecular weight excluding hydrogens is 183 g/mol. The number of hydrogen-bond donors (Lipinski definition) is 1. The van der Waals surface area contributed by atoms with Crippen molar-refractivity contribution in [1.29, 1.82) is 0 Å². The molecule has 0 radical (unpaired) electrons. The van der Waals surface area contributed by atoms with Gasteiger partial charge in [-0.25, -0.2) is 9.37 Å². The van der Waals surface area contributed by atoms with Crippen molar-refractivity contribution in [3.63, 3.8) is 0 Å². The van der Waals surface area contributed by atoms with Gasteiger partial charge in [-0.1, -0.05) is 0 Å². The highest BCUT2D eigenvalue weighted by Gasteiger charge is 2.08.